The van der Waals surface area contributed by atoms with E-state index in [0.29, 0.717) is 19.5 Å². The summed E-state index contributed by atoms with van der Waals surface area (Å²) in [6.45, 7) is 0.689. The van der Waals surface area contributed by atoms with Gasteiger partial charge in [0.2, 0.25) is 10.0 Å². The second-order valence-corrected chi connectivity index (χ2v) is 10.9. The van der Waals surface area contributed by atoms with Gasteiger partial charge in [0.05, 0.1) is 9.60 Å². The van der Waals surface area contributed by atoms with E-state index in [0.717, 1.165) is 34.6 Å². The first-order valence-corrected chi connectivity index (χ1v) is 12.7. The number of hydrogen-bond acceptors (Lipinski definition) is 5. The van der Waals surface area contributed by atoms with E-state index in [1.165, 1.54) is 40.5 Å². The summed E-state index contributed by atoms with van der Waals surface area (Å²) in [6.07, 6.45) is 0.642. The molecule has 0 bridgehead atoms. The van der Waals surface area contributed by atoms with E-state index in [2.05, 4.69) is 4.98 Å². The fraction of sp³-hybridized carbons (Fsp3) is 0.167. The van der Waals surface area contributed by atoms with Crippen LogP contribution in [0.5, 0.6) is 0 Å². The van der Waals surface area contributed by atoms with E-state index in [-0.39, 0.29) is 25.8 Å². The van der Waals surface area contributed by atoms with Crippen molar-refractivity contribution >= 4 is 42.6 Å². The number of aromatic nitrogens is 1. The van der Waals surface area contributed by atoms with Crippen molar-refractivity contribution in [2.24, 2.45) is 0 Å². The Hall–Kier alpha value is -3.21. The Morgan fingerprint density at radius 2 is 1.76 bits per heavy atom. The molecule has 1 aliphatic heterocycles. The zero-order valence-electron chi connectivity index (χ0n) is 18.0. The summed E-state index contributed by atoms with van der Waals surface area (Å²) >= 11 is 0.989. The highest BCUT2D eigenvalue weighted by Crippen LogP contribution is 2.31. The molecule has 1 amide bonds. The van der Waals surface area contributed by atoms with Crippen molar-refractivity contribution < 1.29 is 22.0 Å². The Bertz CT molecular complexity index is 1520. The number of carbonyl (C=O) groups excluding carboxylic acids is 1. The summed E-state index contributed by atoms with van der Waals surface area (Å²) in [7, 11) is -2.25. The fourth-order valence-electron chi connectivity index (χ4n) is 3.96. The smallest absolute Gasteiger partial charge is 0.259 e. The van der Waals surface area contributed by atoms with E-state index in [4.69, 9.17) is 0 Å². The normalized spacial score (nSPS) is 14.2. The van der Waals surface area contributed by atoms with Crippen molar-refractivity contribution in [1.82, 2.24) is 9.29 Å². The molecular formula is C24H19F2N3O3S2. The molecule has 0 radical (unpaired) electrons. The first-order valence-electron chi connectivity index (χ1n) is 10.4. The van der Waals surface area contributed by atoms with Crippen LogP contribution in [0.25, 0.3) is 10.2 Å². The van der Waals surface area contributed by atoms with Gasteiger partial charge in [-0.1, -0.05) is 35.6 Å². The van der Waals surface area contributed by atoms with Crippen LogP contribution in [0.4, 0.5) is 13.9 Å². The molecule has 0 N–H and O–H groups in total. The third-order valence-corrected chi connectivity index (χ3v) is 8.77. The van der Waals surface area contributed by atoms with Crippen LogP contribution in [-0.4, -0.2) is 37.2 Å². The summed E-state index contributed by atoms with van der Waals surface area (Å²) < 4.78 is 55.5. The van der Waals surface area contributed by atoms with Crippen molar-refractivity contribution in [3.05, 3.63) is 89.0 Å². The van der Waals surface area contributed by atoms with Crippen LogP contribution >= 0.6 is 11.3 Å². The molecule has 1 aliphatic rings. The second-order valence-electron chi connectivity index (χ2n) is 7.98. The Morgan fingerprint density at radius 1 is 1.06 bits per heavy atom. The zero-order chi connectivity index (χ0) is 24.0. The number of nitrogens with zero attached hydrogens (tertiary/aromatic N) is 3. The summed E-state index contributed by atoms with van der Waals surface area (Å²) in [5, 5.41) is 0.202. The molecule has 34 heavy (non-hydrogen) atoms. The summed E-state index contributed by atoms with van der Waals surface area (Å²) in [6, 6.07) is 15.4. The fourth-order valence-corrected chi connectivity index (χ4v) is 6.35. The molecule has 3 aromatic carbocycles. The van der Waals surface area contributed by atoms with Gasteiger partial charge in [-0.25, -0.2) is 22.2 Å². The molecular weight excluding hydrogens is 480 g/mol. The lowest BCUT2D eigenvalue weighted by Crippen LogP contribution is -2.36. The molecule has 0 atom stereocenters. The Morgan fingerprint density at radius 3 is 2.50 bits per heavy atom. The van der Waals surface area contributed by atoms with Crippen LogP contribution in [0.1, 0.15) is 21.5 Å². The number of rotatable bonds is 4. The number of amides is 1. The average molecular weight is 500 g/mol. The highest BCUT2D eigenvalue weighted by atomic mass is 32.2. The van der Waals surface area contributed by atoms with Gasteiger partial charge in [0, 0.05) is 31.8 Å². The van der Waals surface area contributed by atoms with Crippen molar-refractivity contribution in [3.63, 3.8) is 0 Å². The first kappa shape index (κ1) is 22.6. The minimum absolute atomic E-state index is 0.00871. The van der Waals surface area contributed by atoms with Crippen LogP contribution < -0.4 is 4.90 Å². The second kappa shape index (κ2) is 8.53. The predicted molar refractivity (Wildman–Crippen MR) is 126 cm³/mol. The number of halogens is 2. The van der Waals surface area contributed by atoms with E-state index >= 15 is 0 Å². The van der Waals surface area contributed by atoms with Crippen molar-refractivity contribution in [3.8, 4) is 0 Å². The summed E-state index contributed by atoms with van der Waals surface area (Å²) in [5.74, 6) is -1.97. The van der Waals surface area contributed by atoms with Crippen molar-refractivity contribution in [2.45, 2.75) is 17.9 Å². The highest BCUT2D eigenvalue weighted by Gasteiger charge is 2.28. The highest BCUT2D eigenvalue weighted by molar-refractivity contribution is 7.89. The van der Waals surface area contributed by atoms with Gasteiger partial charge >= 0.3 is 0 Å². The third-order valence-electron chi connectivity index (χ3n) is 5.83. The number of sulfonamides is 1. The van der Waals surface area contributed by atoms with Crippen LogP contribution in [-0.2, 0) is 23.0 Å². The molecule has 0 saturated carbocycles. The Kier molecular flexibility index (Phi) is 5.67. The van der Waals surface area contributed by atoms with E-state index in [1.54, 1.807) is 0 Å². The number of benzene rings is 3. The predicted octanol–water partition coefficient (Wildman–Crippen LogP) is 4.60. The average Bonchev–Trinajstić information content (AvgIpc) is 3.27. The molecule has 0 fully saturated rings. The zero-order valence-corrected chi connectivity index (χ0v) is 19.7. The van der Waals surface area contributed by atoms with Gasteiger partial charge in [-0.3, -0.25) is 9.69 Å². The molecule has 2 heterocycles. The quantitative estimate of drug-likeness (QED) is 0.412. The molecule has 0 aliphatic carbocycles. The minimum Gasteiger partial charge on any atom is -0.287 e. The standard InChI is InChI=1S/C24H19F2N3O3S2/c1-28(24-27-22-20(26)12-18(25)13-21(22)33-24)23(30)16-6-8-19(9-7-16)34(31,32)29-11-10-15-4-2-3-5-17(15)14-29/h2-9,12-13H,10-11,14H2,1H3. The maximum absolute atomic E-state index is 14.0. The van der Waals surface area contributed by atoms with Crippen LogP contribution in [0, 0.1) is 11.6 Å². The van der Waals surface area contributed by atoms with Gasteiger partial charge in [-0.05, 0) is 47.9 Å². The van der Waals surface area contributed by atoms with Crippen LogP contribution in [0.15, 0.2) is 65.6 Å². The van der Waals surface area contributed by atoms with Gasteiger partial charge < -0.3 is 0 Å². The molecule has 5 rings (SSSR count). The molecule has 0 saturated heterocycles. The van der Waals surface area contributed by atoms with Crippen LogP contribution in [0.2, 0.25) is 0 Å². The molecule has 6 nitrogen and oxygen atoms in total. The SMILES string of the molecule is CN(C(=O)c1ccc(S(=O)(=O)N2CCc3ccccc3C2)cc1)c1nc2c(F)cc(F)cc2s1. The maximum Gasteiger partial charge on any atom is 0.259 e. The van der Waals surface area contributed by atoms with E-state index < -0.39 is 27.6 Å². The number of thiazole rings is 1. The number of carbonyl (C=O) groups is 1. The van der Waals surface area contributed by atoms with Gasteiger partial charge in [0.15, 0.2) is 10.9 Å². The van der Waals surface area contributed by atoms with Gasteiger partial charge in [0.1, 0.15) is 11.3 Å². The maximum atomic E-state index is 14.0. The van der Waals surface area contributed by atoms with Gasteiger partial charge in [0.25, 0.3) is 5.91 Å². The van der Waals surface area contributed by atoms with Crippen LogP contribution in [0.3, 0.4) is 0 Å². The summed E-state index contributed by atoms with van der Waals surface area (Å²) in [4.78, 5) is 18.4. The lowest BCUT2D eigenvalue weighted by atomic mass is 10.0. The van der Waals surface area contributed by atoms with Crippen molar-refractivity contribution in [1.29, 1.82) is 0 Å². The molecule has 0 spiro atoms. The summed E-state index contributed by atoms with van der Waals surface area (Å²) in [5.41, 5.74) is 2.37. The van der Waals surface area contributed by atoms with Crippen molar-refractivity contribution in [2.75, 3.05) is 18.5 Å². The van der Waals surface area contributed by atoms with Gasteiger partial charge in [-0.15, -0.1) is 0 Å². The molecule has 4 aromatic rings. The molecule has 174 valence electrons. The first-order chi connectivity index (χ1) is 16.2. The number of fused-ring (bicyclic) bond motifs is 2. The largest absolute Gasteiger partial charge is 0.287 e. The lowest BCUT2D eigenvalue weighted by Gasteiger charge is -2.28. The Balaban J connectivity index is 1.36. The van der Waals surface area contributed by atoms with E-state index in [1.807, 2.05) is 24.3 Å². The number of anilines is 1. The molecule has 10 heteroatoms. The third kappa shape index (κ3) is 3.97. The van der Waals surface area contributed by atoms with E-state index in [9.17, 15) is 22.0 Å². The lowest BCUT2D eigenvalue weighted by molar-refractivity contribution is 0.0993. The number of hydrogen-bond donors (Lipinski definition) is 0. The molecule has 1 aromatic heterocycles. The van der Waals surface area contributed by atoms with Gasteiger partial charge in [-0.2, -0.15) is 4.31 Å². The Labute approximate surface area is 199 Å². The minimum atomic E-state index is -3.72. The topological polar surface area (TPSA) is 70.6 Å². The monoisotopic (exact) mass is 499 g/mol. The molecule has 0 unspecified atom stereocenters.